The average Bonchev–Trinajstić information content (AvgIpc) is 2.16. The molecule has 0 atom stereocenters. The number of hydrogen-bond acceptors (Lipinski definition) is 2. The van der Waals surface area contributed by atoms with Gasteiger partial charge >= 0.3 is 0 Å². The maximum Gasteiger partial charge on any atom is 0.0322 e. The first kappa shape index (κ1) is 12.5. The summed E-state index contributed by atoms with van der Waals surface area (Å²) < 4.78 is 0. The van der Waals surface area contributed by atoms with Crippen LogP contribution in [-0.2, 0) is 0 Å². The molecule has 0 saturated heterocycles. The quantitative estimate of drug-likeness (QED) is 0.540. The van der Waals surface area contributed by atoms with E-state index in [1.54, 1.807) is 0 Å². The van der Waals surface area contributed by atoms with E-state index in [9.17, 15) is 0 Å². The van der Waals surface area contributed by atoms with Crippen LogP contribution in [0.15, 0.2) is 12.3 Å². The highest BCUT2D eigenvalue weighted by Crippen LogP contribution is 2.04. The molecule has 78 valence electrons. The van der Waals surface area contributed by atoms with Crippen LogP contribution in [0.2, 0.25) is 0 Å². The van der Waals surface area contributed by atoms with Gasteiger partial charge in [0.2, 0.25) is 0 Å². The minimum absolute atomic E-state index is 0.551. The van der Waals surface area contributed by atoms with Crippen molar-refractivity contribution in [1.29, 1.82) is 0 Å². The SMILES string of the molecule is C=C(CN)NCCCCCCCC. The van der Waals surface area contributed by atoms with E-state index in [0.29, 0.717) is 6.54 Å². The number of unbranched alkanes of at least 4 members (excludes halogenated alkanes) is 5. The molecule has 2 heteroatoms. The number of rotatable bonds is 9. The van der Waals surface area contributed by atoms with Crippen molar-refractivity contribution in [1.82, 2.24) is 5.32 Å². The summed E-state index contributed by atoms with van der Waals surface area (Å²) in [5.74, 6) is 0. The predicted molar refractivity (Wildman–Crippen MR) is 59.6 cm³/mol. The van der Waals surface area contributed by atoms with Crippen molar-refractivity contribution in [2.24, 2.45) is 5.73 Å². The van der Waals surface area contributed by atoms with Crippen LogP contribution in [0.1, 0.15) is 45.4 Å². The van der Waals surface area contributed by atoms with Crippen LogP contribution in [0.3, 0.4) is 0 Å². The van der Waals surface area contributed by atoms with Crippen LogP contribution >= 0.6 is 0 Å². The maximum atomic E-state index is 5.39. The molecule has 0 aliphatic heterocycles. The van der Waals surface area contributed by atoms with E-state index in [0.717, 1.165) is 12.2 Å². The van der Waals surface area contributed by atoms with E-state index in [-0.39, 0.29) is 0 Å². The zero-order valence-electron chi connectivity index (χ0n) is 8.94. The molecule has 3 N–H and O–H groups in total. The third kappa shape index (κ3) is 9.41. The molecule has 0 saturated carbocycles. The van der Waals surface area contributed by atoms with Crippen LogP contribution in [0.4, 0.5) is 0 Å². The Kier molecular flexibility index (Phi) is 9.22. The molecular formula is C11H24N2. The van der Waals surface area contributed by atoms with Gasteiger partial charge in [0.25, 0.3) is 0 Å². The summed E-state index contributed by atoms with van der Waals surface area (Å²) in [6.07, 6.45) is 8.01. The summed E-state index contributed by atoms with van der Waals surface area (Å²) in [7, 11) is 0. The standard InChI is InChI=1S/C11H24N2/c1-3-4-5-6-7-8-9-13-11(2)10-12/h13H,2-10,12H2,1H3. The Morgan fingerprint density at radius 3 is 2.38 bits per heavy atom. The predicted octanol–water partition coefficient (Wildman–Crippen LogP) is 2.41. The van der Waals surface area contributed by atoms with Gasteiger partial charge in [-0.2, -0.15) is 0 Å². The molecule has 0 radical (unpaired) electrons. The van der Waals surface area contributed by atoms with E-state index in [1.807, 2.05) is 0 Å². The first-order valence-corrected chi connectivity index (χ1v) is 5.43. The van der Waals surface area contributed by atoms with Gasteiger partial charge in [0.1, 0.15) is 0 Å². The Balaban J connectivity index is 2.95. The Bertz CT molecular complexity index is 121. The second kappa shape index (κ2) is 9.59. The van der Waals surface area contributed by atoms with Gasteiger partial charge < -0.3 is 11.1 Å². The Morgan fingerprint density at radius 2 is 1.77 bits per heavy atom. The Labute approximate surface area is 82.6 Å². The summed E-state index contributed by atoms with van der Waals surface area (Å²) in [6, 6.07) is 0. The van der Waals surface area contributed by atoms with E-state index in [4.69, 9.17) is 5.73 Å². The molecule has 0 aliphatic carbocycles. The molecule has 13 heavy (non-hydrogen) atoms. The Hall–Kier alpha value is -0.500. The number of nitrogens with one attached hydrogen (secondary N) is 1. The summed E-state index contributed by atoms with van der Waals surface area (Å²) in [6.45, 7) is 7.61. The second-order valence-corrected chi connectivity index (χ2v) is 3.50. The highest BCUT2D eigenvalue weighted by molar-refractivity contribution is 4.91. The number of nitrogens with two attached hydrogens (primary N) is 1. The molecule has 0 rings (SSSR count). The van der Waals surface area contributed by atoms with Gasteiger partial charge in [0, 0.05) is 18.8 Å². The van der Waals surface area contributed by atoms with E-state index in [1.165, 1.54) is 38.5 Å². The molecule has 0 bridgehead atoms. The molecule has 0 aromatic heterocycles. The lowest BCUT2D eigenvalue weighted by Crippen LogP contribution is -2.20. The normalized spacial score (nSPS) is 10.0. The van der Waals surface area contributed by atoms with E-state index in [2.05, 4.69) is 18.8 Å². The molecular weight excluding hydrogens is 160 g/mol. The first-order chi connectivity index (χ1) is 6.31. The van der Waals surface area contributed by atoms with Gasteiger partial charge in [-0.25, -0.2) is 0 Å². The fourth-order valence-corrected chi connectivity index (χ4v) is 1.24. The lowest BCUT2D eigenvalue weighted by molar-refractivity contribution is 0.592. The Morgan fingerprint density at radius 1 is 1.15 bits per heavy atom. The molecule has 0 unspecified atom stereocenters. The summed E-state index contributed by atoms with van der Waals surface area (Å²) >= 11 is 0. The summed E-state index contributed by atoms with van der Waals surface area (Å²) in [5.41, 5.74) is 6.34. The van der Waals surface area contributed by atoms with Gasteiger partial charge in [-0.05, 0) is 6.42 Å². The fraction of sp³-hybridized carbons (Fsp3) is 0.818. The molecule has 0 aromatic rings. The van der Waals surface area contributed by atoms with Gasteiger partial charge in [-0.1, -0.05) is 45.6 Å². The summed E-state index contributed by atoms with van der Waals surface area (Å²) in [5, 5.41) is 3.20. The monoisotopic (exact) mass is 184 g/mol. The average molecular weight is 184 g/mol. The largest absolute Gasteiger partial charge is 0.388 e. The fourth-order valence-electron chi connectivity index (χ4n) is 1.24. The van der Waals surface area contributed by atoms with Crippen molar-refractivity contribution in [2.75, 3.05) is 13.1 Å². The van der Waals surface area contributed by atoms with Crippen molar-refractivity contribution in [2.45, 2.75) is 45.4 Å². The van der Waals surface area contributed by atoms with E-state index >= 15 is 0 Å². The molecule has 0 aliphatic rings. The molecule has 2 nitrogen and oxygen atoms in total. The van der Waals surface area contributed by atoms with Crippen molar-refractivity contribution >= 4 is 0 Å². The van der Waals surface area contributed by atoms with Gasteiger partial charge in [-0.3, -0.25) is 0 Å². The highest BCUT2D eigenvalue weighted by atomic mass is 14.9. The van der Waals surface area contributed by atoms with Gasteiger partial charge in [0.05, 0.1) is 0 Å². The lowest BCUT2D eigenvalue weighted by Gasteiger charge is -2.06. The molecule has 0 fully saturated rings. The molecule has 0 amide bonds. The number of hydrogen-bond donors (Lipinski definition) is 2. The minimum Gasteiger partial charge on any atom is -0.388 e. The zero-order valence-corrected chi connectivity index (χ0v) is 8.94. The third-order valence-electron chi connectivity index (χ3n) is 2.15. The minimum atomic E-state index is 0.551. The zero-order chi connectivity index (χ0) is 9.94. The van der Waals surface area contributed by atoms with E-state index < -0.39 is 0 Å². The summed E-state index contributed by atoms with van der Waals surface area (Å²) in [4.78, 5) is 0. The van der Waals surface area contributed by atoms with Crippen molar-refractivity contribution in [3.8, 4) is 0 Å². The third-order valence-corrected chi connectivity index (χ3v) is 2.15. The van der Waals surface area contributed by atoms with Crippen molar-refractivity contribution in [3.05, 3.63) is 12.3 Å². The maximum absolute atomic E-state index is 5.39. The molecule has 0 heterocycles. The van der Waals surface area contributed by atoms with Crippen LogP contribution in [0, 0.1) is 0 Å². The lowest BCUT2D eigenvalue weighted by atomic mass is 10.1. The van der Waals surface area contributed by atoms with Crippen molar-refractivity contribution in [3.63, 3.8) is 0 Å². The molecule has 0 spiro atoms. The van der Waals surface area contributed by atoms with Gasteiger partial charge in [-0.15, -0.1) is 0 Å². The van der Waals surface area contributed by atoms with Crippen LogP contribution < -0.4 is 11.1 Å². The van der Waals surface area contributed by atoms with Crippen LogP contribution in [0.5, 0.6) is 0 Å². The first-order valence-electron chi connectivity index (χ1n) is 5.43. The van der Waals surface area contributed by atoms with Crippen LogP contribution in [0.25, 0.3) is 0 Å². The van der Waals surface area contributed by atoms with Crippen LogP contribution in [-0.4, -0.2) is 13.1 Å². The topological polar surface area (TPSA) is 38.0 Å². The highest BCUT2D eigenvalue weighted by Gasteiger charge is 1.90. The van der Waals surface area contributed by atoms with Crippen molar-refractivity contribution < 1.29 is 0 Å². The second-order valence-electron chi connectivity index (χ2n) is 3.50. The smallest absolute Gasteiger partial charge is 0.0322 e. The van der Waals surface area contributed by atoms with Gasteiger partial charge in [0.15, 0.2) is 0 Å². The molecule has 0 aromatic carbocycles.